The predicted molar refractivity (Wildman–Crippen MR) is 89.1 cm³/mol. The zero-order chi connectivity index (χ0) is 16.9. The van der Waals surface area contributed by atoms with E-state index in [1.165, 1.54) is 17.5 Å². The second-order valence-electron chi connectivity index (χ2n) is 5.21. The van der Waals surface area contributed by atoms with E-state index in [4.69, 9.17) is 4.74 Å². The van der Waals surface area contributed by atoms with E-state index in [0.717, 1.165) is 23.9 Å². The molecule has 2 N–H and O–H groups in total. The molecule has 3 heterocycles. The van der Waals surface area contributed by atoms with Crippen LogP contribution in [0.5, 0.6) is 0 Å². The monoisotopic (exact) mass is 347 g/mol. The Bertz CT molecular complexity index is 725. The first-order valence-corrected chi connectivity index (χ1v) is 8.33. The van der Waals surface area contributed by atoms with Gasteiger partial charge in [0.05, 0.1) is 18.8 Å². The Morgan fingerprint density at radius 2 is 1.96 bits per heavy atom. The number of nitrogens with zero attached hydrogens (tertiary/aromatic N) is 3. The number of carbonyl (C=O) groups excluding carboxylic acids is 2. The number of anilines is 1. The average Bonchev–Trinajstić information content (AvgIpc) is 3.11. The maximum Gasteiger partial charge on any atom is 0.289 e. The van der Waals surface area contributed by atoms with Gasteiger partial charge in [0, 0.05) is 30.4 Å². The van der Waals surface area contributed by atoms with E-state index >= 15 is 0 Å². The van der Waals surface area contributed by atoms with Crippen molar-refractivity contribution in [3.8, 4) is 0 Å². The molecule has 8 nitrogen and oxygen atoms in total. The van der Waals surface area contributed by atoms with E-state index in [1.54, 1.807) is 17.5 Å². The topological polar surface area (TPSA) is 96.5 Å². The van der Waals surface area contributed by atoms with Gasteiger partial charge >= 0.3 is 0 Å². The van der Waals surface area contributed by atoms with Gasteiger partial charge in [-0.1, -0.05) is 0 Å². The molecule has 0 aromatic carbocycles. The van der Waals surface area contributed by atoms with Crippen molar-refractivity contribution in [2.24, 2.45) is 0 Å². The Morgan fingerprint density at radius 3 is 2.67 bits per heavy atom. The maximum atomic E-state index is 12.1. The van der Waals surface area contributed by atoms with Crippen LogP contribution in [0.1, 0.15) is 26.5 Å². The van der Waals surface area contributed by atoms with Gasteiger partial charge < -0.3 is 9.64 Å². The molecule has 1 fully saturated rings. The highest BCUT2D eigenvalue weighted by atomic mass is 32.1. The highest BCUT2D eigenvalue weighted by Gasteiger charge is 2.18. The first-order chi connectivity index (χ1) is 11.6. The summed E-state index contributed by atoms with van der Waals surface area (Å²) in [6.45, 7) is 4.65. The van der Waals surface area contributed by atoms with Crippen LogP contribution in [0.2, 0.25) is 0 Å². The van der Waals surface area contributed by atoms with Gasteiger partial charge in [0.15, 0.2) is 5.13 Å². The predicted octanol–water partition coefficient (Wildman–Crippen LogP) is 0.758. The highest BCUT2D eigenvalue weighted by molar-refractivity contribution is 7.13. The third-order valence-corrected chi connectivity index (χ3v) is 4.37. The third-order valence-electron chi connectivity index (χ3n) is 3.47. The number of thiazole rings is 1. The van der Waals surface area contributed by atoms with Gasteiger partial charge in [-0.2, -0.15) is 0 Å². The minimum atomic E-state index is -0.459. The first kappa shape index (κ1) is 16.3. The number of aryl methyl sites for hydroxylation is 1. The van der Waals surface area contributed by atoms with Gasteiger partial charge in [-0.05, 0) is 19.1 Å². The molecule has 24 heavy (non-hydrogen) atoms. The minimum absolute atomic E-state index is 0.267. The van der Waals surface area contributed by atoms with Crippen molar-refractivity contribution < 1.29 is 14.3 Å². The molecule has 0 bridgehead atoms. The molecule has 1 aliphatic heterocycles. The van der Waals surface area contributed by atoms with Crippen LogP contribution < -0.4 is 15.8 Å². The smallest absolute Gasteiger partial charge is 0.289 e. The molecule has 0 spiro atoms. The van der Waals surface area contributed by atoms with Crippen LogP contribution in [0, 0.1) is 6.92 Å². The van der Waals surface area contributed by atoms with Gasteiger partial charge in [-0.15, -0.1) is 11.3 Å². The van der Waals surface area contributed by atoms with Gasteiger partial charge in [0.25, 0.3) is 11.8 Å². The van der Waals surface area contributed by atoms with Crippen molar-refractivity contribution >= 4 is 28.3 Å². The molecule has 1 aliphatic rings. The molecular formula is C15H17N5O3S. The fourth-order valence-electron chi connectivity index (χ4n) is 2.12. The largest absolute Gasteiger partial charge is 0.378 e. The lowest BCUT2D eigenvalue weighted by atomic mass is 10.2. The van der Waals surface area contributed by atoms with Crippen molar-refractivity contribution in [1.29, 1.82) is 0 Å². The van der Waals surface area contributed by atoms with Crippen molar-refractivity contribution in [1.82, 2.24) is 20.8 Å². The Hall–Kier alpha value is -2.52. The average molecular weight is 347 g/mol. The van der Waals surface area contributed by atoms with E-state index < -0.39 is 11.8 Å². The molecular weight excluding hydrogens is 330 g/mol. The van der Waals surface area contributed by atoms with Gasteiger partial charge in [-0.3, -0.25) is 25.4 Å². The zero-order valence-corrected chi connectivity index (χ0v) is 13.9. The van der Waals surface area contributed by atoms with Crippen LogP contribution in [0.15, 0.2) is 23.7 Å². The summed E-state index contributed by atoms with van der Waals surface area (Å²) in [4.78, 5) is 34.4. The Labute approximate surface area is 142 Å². The summed E-state index contributed by atoms with van der Waals surface area (Å²) in [5, 5.41) is 2.44. The number of carbonyl (C=O) groups is 2. The van der Waals surface area contributed by atoms with E-state index in [9.17, 15) is 9.59 Å². The molecule has 2 aromatic rings. The summed E-state index contributed by atoms with van der Waals surface area (Å²) in [5.41, 5.74) is 6.17. The molecule has 1 saturated heterocycles. The Balaban J connectivity index is 1.56. The number of pyridine rings is 1. The molecule has 0 saturated carbocycles. The van der Waals surface area contributed by atoms with Crippen LogP contribution in [0.25, 0.3) is 0 Å². The number of amides is 2. The van der Waals surface area contributed by atoms with Gasteiger partial charge in [0.2, 0.25) is 0 Å². The number of rotatable bonds is 3. The fourth-order valence-corrected chi connectivity index (χ4v) is 2.98. The summed E-state index contributed by atoms with van der Waals surface area (Å²) in [7, 11) is 0. The van der Waals surface area contributed by atoms with Crippen LogP contribution in [0.4, 0.5) is 5.13 Å². The molecule has 0 atom stereocenters. The van der Waals surface area contributed by atoms with Gasteiger partial charge in [0.1, 0.15) is 5.69 Å². The third kappa shape index (κ3) is 3.87. The number of hydrogen-bond donors (Lipinski definition) is 2. The molecule has 9 heteroatoms. The maximum absolute atomic E-state index is 12.1. The minimum Gasteiger partial charge on any atom is -0.378 e. The van der Waals surface area contributed by atoms with Crippen molar-refractivity contribution in [2.75, 3.05) is 31.2 Å². The number of aromatic nitrogens is 2. The number of morpholine rings is 1. The molecule has 3 rings (SSSR count). The van der Waals surface area contributed by atoms with Crippen molar-refractivity contribution in [2.45, 2.75) is 6.92 Å². The van der Waals surface area contributed by atoms with Crippen LogP contribution in [-0.4, -0.2) is 48.1 Å². The van der Waals surface area contributed by atoms with E-state index in [0.29, 0.717) is 18.8 Å². The van der Waals surface area contributed by atoms with E-state index in [1.807, 2.05) is 6.92 Å². The SMILES string of the molecule is Cc1ccc(C(=O)NNC(=O)c2csc(N3CCOCC3)n2)cn1. The number of hydrazine groups is 1. The normalized spacial score (nSPS) is 14.3. The lowest BCUT2D eigenvalue weighted by molar-refractivity contribution is 0.0844. The lowest BCUT2D eigenvalue weighted by Gasteiger charge is -2.25. The summed E-state index contributed by atoms with van der Waals surface area (Å²) in [5.74, 6) is -0.890. The summed E-state index contributed by atoms with van der Waals surface area (Å²) < 4.78 is 5.29. The standard InChI is InChI=1S/C15H17N5O3S/c1-10-2-3-11(8-16-10)13(21)18-19-14(22)12-9-24-15(17-12)20-4-6-23-7-5-20/h2-3,8-9H,4-7H2,1H3,(H,18,21)(H,19,22). The Kier molecular flexibility index (Phi) is 5.02. The molecule has 2 aromatic heterocycles. The molecule has 0 radical (unpaired) electrons. The quantitative estimate of drug-likeness (QED) is 0.796. The number of nitrogens with one attached hydrogen (secondary N) is 2. The van der Waals surface area contributed by atoms with E-state index in [2.05, 4.69) is 25.7 Å². The first-order valence-electron chi connectivity index (χ1n) is 7.45. The summed E-state index contributed by atoms with van der Waals surface area (Å²) in [6, 6.07) is 3.37. The second kappa shape index (κ2) is 7.37. The summed E-state index contributed by atoms with van der Waals surface area (Å²) in [6.07, 6.45) is 1.45. The number of hydrogen-bond acceptors (Lipinski definition) is 7. The van der Waals surface area contributed by atoms with Crippen LogP contribution >= 0.6 is 11.3 Å². The van der Waals surface area contributed by atoms with E-state index in [-0.39, 0.29) is 5.69 Å². The molecule has 126 valence electrons. The van der Waals surface area contributed by atoms with Crippen molar-refractivity contribution in [3.63, 3.8) is 0 Å². The summed E-state index contributed by atoms with van der Waals surface area (Å²) >= 11 is 1.39. The second-order valence-corrected chi connectivity index (χ2v) is 6.05. The lowest BCUT2D eigenvalue weighted by Crippen LogP contribution is -2.42. The Morgan fingerprint density at radius 1 is 1.21 bits per heavy atom. The van der Waals surface area contributed by atoms with Crippen LogP contribution in [0.3, 0.4) is 0 Å². The van der Waals surface area contributed by atoms with Crippen LogP contribution in [-0.2, 0) is 4.74 Å². The highest BCUT2D eigenvalue weighted by Crippen LogP contribution is 2.21. The number of ether oxygens (including phenoxy) is 1. The zero-order valence-electron chi connectivity index (χ0n) is 13.1. The molecule has 2 amide bonds. The molecule has 0 unspecified atom stereocenters. The molecule has 0 aliphatic carbocycles. The fraction of sp³-hybridized carbons (Fsp3) is 0.333. The van der Waals surface area contributed by atoms with Crippen molar-refractivity contribution in [3.05, 3.63) is 40.7 Å². The van der Waals surface area contributed by atoms with Gasteiger partial charge in [-0.25, -0.2) is 4.98 Å².